The van der Waals surface area contributed by atoms with Gasteiger partial charge < -0.3 is 15.5 Å². The molecule has 2 amide bonds. The lowest BCUT2D eigenvalue weighted by molar-refractivity contribution is -0.130. The Morgan fingerprint density at radius 3 is 2.94 bits per heavy atom. The average molecular weight is 525 g/mol. The fourth-order valence-corrected chi connectivity index (χ4v) is 7.63. The molecule has 3 N–H and O–H groups in total. The zero-order chi connectivity index (χ0) is 25.3. The van der Waals surface area contributed by atoms with Gasteiger partial charge in [-0.3, -0.25) is 9.59 Å². The number of aromatic nitrogens is 4. The molecular formula is C24H28N8O2S2. The first-order valence-corrected chi connectivity index (χ1v) is 13.8. The van der Waals surface area contributed by atoms with Gasteiger partial charge in [-0.1, -0.05) is 5.21 Å². The molecule has 1 fully saturated rings. The van der Waals surface area contributed by atoms with E-state index in [0.29, 0.717) is 23.7 Å². The van der Waals surface area contributed by atoms with E-state index in [2.05, 4.69) is 48.8 Å². The molecule has 36 heavy (non-hydrogen) atoms. The van der Waals surface area contributed by atoms with E-state index in [1.165, 1.54) is 16.2 Å². The van der Waals surface area contributed by atoms with E-state index in [0.717, 1.165) is 41.7 Å². The molecule has 3 aromatic rings. The lowest BCUT2D eigenvalue weighted by Crippen LogP contribution is -2.45. The molecular weight excluding hydrogens is 496 g/mol. The van der Waals surface area contributed by atoms with Gasteiger partial charge in [0.15, 0.2) is 5.82 Å². The van der Waals surface area contributed by atoms with Crippen LogP contribution in [-0.4, -0.2) is 69.6 Å². The van der Waals surface area contributed by atoms with Crippen molar-refractivity contribution in [1.82, 2.24) is 36.2 Å². The molecule has 0 spiro atoms. The number of rotatable bonds is 7. The Balaban J connectivity index is 1.50. The molecule has 5 rings (SSSR count). The normalized spacial score (nSPS) is 21.8. The Morgan fingerprint density at radius 1 is 1.36 bits per heavy atom. The highest BCUT2D eigenvalue weighted by atomic mass is 32.1. The molecule has 3 aromatic heterocycles. The van der Waals surface area contributed by atoms with Crippen molar-refractivity contribution in [2.45, 2.75) is 56.5 Å². The van der Waals surface area contributed by atoms with Crippen LogP contribution >= 0.6 is 22.7 Å². The van der Waals surface area contributed by atoms with Crippen LogP contribution in [0.15, 0.2) is 17.5 Å². The number of aromatic amines is 1. The van der Waals surface area contributed by atoms with Gasteiger partial charge in [-0.15, -0.1) is 32.9 Å². The number of tetrazole rings is 1. The van der Waals surface area contributed by atoms with E-state index in [9.17, 15) is 14.9 Å². The van der Waals surface area contributed by atoms with Crippen LogP contribution in [0.25, 0.3) is 0 Å². The molecule has 0 saturated carbocycles. The van der Waals surface area contributed by atoms with Gasteiger partial charge in [0.05, 0.1) is 22.9 Å². The van der Waals surface area contributed by atoms with Crippen molar-refractivity contribution in [2.75, 3.05) is 20.1 Å². The predicted octanol–water partition coefficient (Wildman–Crippen LogP) is 2.00. The summed E-state index contributed by atoms with van der Waals surface area (Å²) in [4.78, 5) is 30.2. The molecule has 1 saturated heterocycles. The first kappa shape index (κ1) is 24.5. The van der Waals surface area contributed by atoms with Gasteiger partial charge >= 0.3 is 0 Å². The Hall–Kier alpha value is -3.14. The van der Waals surface area contributed by atoms with Gasteiger partial charge in [0.25, 0.3) is 5.91 Å². The van der Waals surface area contributed by atoms with Gasteiger partial charge in [-0.05, 0) is 67.7 Å². The van der Waals surface area contributed by atoms with Crippen molar-refractivity contribution >= 4 is 34.5 Å². The minimum absolute atomic E-state index is 0.0604. The first-order chi connectivity index (χ1) is 17.5. The first-order valence-electron chi connectivity index (χ1n) is 12.1. The van der Waals surface area contributed by atoms with E-state index >= 15 is 0 Å². The van der Waals surface area contributed by atoms with Crippen LogP contribution in [0.5, 0.6) is 0 Å². The van der Waals surface area contributed by atoms with Gasteiger partial charge in [0.1, 0.15) is 6.04 Å². The molecule has 3 atom stereocenters. The van der Waals surface area contributed by atoms with Crippen LogP contribution in [0, 0.1) is 11.3 Å². The van der Waals surface area contributed by atoms with E-state index in [4.69, 9.17) is 0 Å². The number of carbonyl (C=O) groups excluding carboxylic acids is 2. The third-order valence-corrected chi connectivity index (χ3v) is 9.34. The van der Waals surface area contributed by atoms with Gasteiger partial charge in [0, 0.05) is 29.4 Å². The lowest BCUT2D eigenvalue weighted by Gasteiger charge is -2.34. The van der Waals surface area contributed by atoms with E-state index in [-0.39, 0.29) is 30.4 Å². The largest absolute Gasteiger partial charge is 0.354 e. The summed E-state index contributed by atoms with van der Waals surface area (Å²) in [5.74, 6) is 0.375. The van der Waals surface area contributed by atoms with Gasteiger partial charge in [0.2, 0.25) is 5.91 Å². The number of hydrogen-bond donors (Lipinski definition) is 3. The number of nitrogens with zero attached hydrogens (tertiary/aromatic N) is 5. The van der Waals surface area contributed by atoms with Crippen LogP contribution in [-0.2, 0) is 23.1 Å². The smallest absolute Gasteiger partial charge is 0.261 e. The zero-order valence-corrected chi connectivity index (χ0v) is 21.8. The molecule has 1 unspecified atom stereocenters. The quantitative estimate of drug-likeness (QED) is 0.429. The molecule has 1 aliphatic heterocycles. The number of aryl methyl sites for hydroxylation is 2. The highest BCUT2D eigenvalue weighted by Gasteiger charge is 2.47. The third-order valence-electron chi connectivity index (χ3n) is 7.17. The fraction of sp³-hybridized carbons (Fsp3) is 0.500. The van der Waals surface area contributed by atoms with E-state index in [1.54, 1.807) is 23.3 Å². The molecule has 1 aliphatic carbocycles. The minimum Gasteiger partial charge on any atom is -0.354 e. The molecule has 12 heteroatoms. The minimum atomic E-state index is -0.727. The summed E-state index contributed by atoms with van der Waals surface area (Å²) in [5.41, 5.74) is 1.42. The van der Waals surface area contributed by atoms with Crippen molar-refractivity contribution in [3.63, 3.8) is 0 Å². The van der Waals surface area contributed by atoms with Crippen LogP contribution < -0.4 is 10.6 Å². The van der Waals surface area contributed by atoms with Crippen molar-refractivity contribution in [3.05, 3.63) is 49.1 Å². The number of thiophene rings is 2. The number of nitrogens with one attached hydrogen (secondary N) is 3. The summed E-state index contributed by atoms with van der Waals surface area (Å²) in [7, 11) is 1.64. The average Bonchev–Trinajstić information content (AvgIpc) is 3.69. The molecule has 0 bridgehead atoms. The Kier molecular flexibility index (Phi) is 6.87. The Labute approximate surface area is 217 Å². The zero-order valence-electron chi connectivity index (χ0n) is 20.2. The molecule has 2 aliphatic rings. The van der Waals surface area contributed by atoms with Crippen molar-refractivity contribution in [3.8, 4) is 6.07 Å². The standard InChI is InChI=1S/C24H28N8O2S2/c1-14(27-13-21(33)32-8-3-4-15(32)12-25)11-24(23-28-30-31-29-23)16-7-9-35-18(16)5-6-19-17(24)10-20(36-19)22(34)26-2/h7,9-10,14-15,27H,3-6,8,11,13H2,1-2H3,(H,26,34)(H,28,29,30,31)/t14-,15+,24?/m1/s1. The van der Waals surface area contributed by atoms with Crippen LogP contribution in [0.1, 0.15) is 62.6 Å². The maximum Gasteiger partial charge on any atom is 0.261 e. The molecule has 0 aromatic carbocycles. The van der Waals surface area contributed by atoms with Crippen molar-refractivity contribution in [1.29, 1.82) is 5.26 Å². The number of hydrogen-bond acceptors (Lipinski definition) is 9. The summed E-state index contributed by atoms with van der Waals surface area (Å²) in [5, 5.41) is 33.0. The summed E-state index contributed by atoms with van der Waals surface area (Å²) in [6.45, 7) is 2.82. The summed E-state index contributed by atoms with van der Waals surface area (Å²) in [6, 6.07) is 5.90. The van der Waals surface area contributed by atoms with Gasteiger partial charge in [-0.2, -0.15) is 10.5 Å². The van der Waals surface area contributed by atoms with E-state index in [1.807, 2.05) is 13.0 Å². The Bertz CT molecular complexity index is 1290. The molecule has 188 valence electrons. The van der Waals surface area contributed by atoms with E-state index < -0.39 is 5.41 Å². The summed E-state index contributed by atoms with van der Waals surface area (Å²) >= 11 is 3.23. The maximum atomic E-state index is 12.9. The predicted molar refractivity (Wildman–Crippen MR) is 136 cm³/mol. The number of carbonyl (C=O) groups is 2. The summed E-state index contributed by atoms with van der Waals surface area (Å²) in [6.07, 6.45) is 3.86. The number of nitriles is 1. The lowest BCUT2D eigenvalue weighted by atomic mass is 9.70. The highest BCUT2D eigenvalue weighted by Crippen LogP contribution is 2.49. The number of H-pyrrole nitrogens is 1. The monoisotopic (exact) mass is 524 g/mol. The maximum absolute atomic E-state index is 12.9. The molecule has 0 radical (unpaired) electrons. The van der Waals surface area contributed by atoms with Crippen LogP contribution in [0.2, 0.25) is 0 Å². The molecule has 10 nitrogen and oxygen atoms in total. The van der Waals surface area contributed by atoms with Gasteiger partial charge in [-0.25, -0.2) is 0 Å². The summed E-state index contributed by atoms with van der Waals surface area (Å²) < 4.78 is 0. The third kappa shape index (κ3) is 4.21. The Morgan fingerprint density at radius 2 is 2.19 bits per heavy atom. The van der Waals surface area contributed by atoms with Crippen LogP contribution in [0.4, 0.5) is 0 Å². The SMILES string of the molecule is CNC(=O)c1cc2c(s1)CCc1sccc1C2(C[C@@H](C)NCC(=O)N1CCC[C@H]1C#N)c1nn[nH]n1. The second kappa shape index (κ2) is 10.1. The second-order valence-electron chi connectivity index (χ2n) is 9.29. The molecule has 4 heterocycles. The van der Waals surface area contributed by atoms with Crippen molar-refractivity contribution in [2.24, 2.45) is 0 Å². The number of fused-ring (bicyclic) bond motifs is 2. The van der Waals surface area contributed by atoms with Crippen molar-refractivity contribution < 1.29 is 9.59 Å². The van der Waals surface area contributed by atoms with Crippen LogP contribution in [0.3, 0.4) is 0 Å². The fourth-order valence-electron chi connectivity index (χ4n) is 5.49. The topological polar surface area (TPSA) is 140 Å². The second-order valence-corrected chi connectivity index (χ2v) is 11.4. The number of likely N-dealkylation sites (tertiary alicyclic amines) is 1. The number of amides is 2. The highest BCUT2D eigenvalue weighted by molar-refractivity contribution is 7.14.